The van der Waals surface area contributed by atoms with E-state index in [4.69, 9.17) is 14.5 Å². The fourth-order valence-electron chi connectivity index (χ4n) is 3.50. The van der Waals surface area contributed by atoms with Gasteiger partial charge in [-0.25, -0.2) is 0 Å². The lowest BCUT2D eigenvalue weighted by molar-refractivity contribution is -0.139. The average Bonchev–Trinajstić information content (AvgIpc) is 2.54. The van der Waals surface area contributed by atoms with Crippen molar-refractivity contribution in [1.82, 2.24) is 4.98 Å². The van der Waals surface area contributed by atoms with E-state index in [0.29, 0.717) is 0 Å². The summed E-state index contributed by atoms with van der Waals surface area (Å²) in [5, 5.41) is 1.07. The molecule has 0 N–H and O–H groups in total. The van der Waals surface area contributed by atoms with Gasteiger partial charge in [0.1, 0.15) is 0 Å². The van der Waals surface area contributed by atoms with Crippen LogP contribution in [0.2, 0.25) is 0 Å². The van der Waals surface area contributed by atoms with Crippen molar-refractivity contribution in [3.63, 3.8) is 0 Å². The van der Waals surface area contributed by atoms with Crippen molar-refractivity contribution in [3.05, 3.63) is 35.5 Å². The van der Waals surface area contributed by atoms with E-state index in [9.17, 15) is 4.79 Å². The molecule has 0 spiro atoms. The number of hydrogen-bond donors (Lipinski definition) is 0. The zero-order valence-corrected chi connectivity index (χ0v) is 14.7. The number of para-hydroxylation sites is 1. The number of pyridine rings is 1. The molecule has 1 aromatic heterocycles. The van der Waals surface area contributed by atoms with Crippen LogP contribution in [0.25, 0.3) is 10.9 Å². The molecule has 5 nitrogen and oxygen atoms in total. The number of nitrogens with zero attached hydrogens (tertiary/aromatic N) is 2. The van der Waals surface area contributed by atoms with E-state index in [2.05, 4.69) is 24.8 Å². The van der Waals surface area contributed by atoms with Crippen LogP contribution in [0.5, 0.6) is 0 Å². The predicted octanol–water partition coefficient (Wildman–Crippen LogP) is 2.87. The molecule has 1 aliphatic rings. The Bertz CT molecular complexity index is 750. The van der Waals surface area contributed by atoms with Gasteiger partial charge in [-0.3, -0.25) is 9.78 Å². The molecule has 0 aliphatic carbocycles. The smallest absolute Gasteiger partial charge is 0.310 e. The van der Waals surface area contributed by atoms with Gasteiger partial charge in [0, 0.05) is 29.7 Å². The lowest BCUT2D eigenvalue weighted by atomic mass is 10.0. The highest BCUT2D eigenvalue weighted by Crippen LogP contribution is 2.34. The van der Waals surface area contributed by atoms with Gasteiger partial charge in [-0.1, -0.05) is 18.2 Å². The van der Waals surface area contributed by atoms with E-state index < -0.39 is 0 Å². The van der Waals surface area contributed by atoms with Crippen molar-refractivity contribution in [2.24, 2.45) is 0 Å². The number of hydrogen-bond acceptors (Lipinski definition) is 5. The zero-order chi connectivity index (χ0) is 17.3. The Hall–Kier alpha value is -2.14. The van der Waals surface area contributed by atoms with Crippen LogP contribution in [-0.4, -0.2) is 43.4 Å². The fourth-order valence-corrected chi connectivity index (χ4v) is 3.50. The maximum Gasteiger partial charge on any atom is 0.310 e. The van der Waals surface area contributed by atoms with Crippen LogP contribution in [0.1, 0.15) is 25.1 Å². The number of rotatable bonds is 3. The minimum atomic E-state index is -0.245. The molecule has 1 aliphatic heterocycles. The highest BCUT2D eigenvalue weighted by atomic mass is 16.5. The number of carbonyl (C=O) groups excluding carboxylic acids is 1. The van der Waals surface area contributed by atoms with Crippen LogP contribution in [0.4, 0.5) is 5.69 Å². The number of aryl methyl sites for hydroxylation is 1. The number of carbonyl (C=O) groups is 1. The first-order valence-electron chi connectivity index (χ1n) is 8.35. The third-order valence-corrected chi connectivity index (χ3v) is 4.45. The van der Waals surface area contributed by atoms with Crippen LogP contribution in [0, 0.1) is 6.92 Å². The first-order chi connectivity index (χ1) is 11.5. The van der Waals surface area contributed by atoms with E-state index in [1.165, 1.54) is 7.11 Å². The number of methoxy groups -OCH3 is 1. The van der Waals surface area contributed by atoms with Crippen molar-refractivity contribution >= 4 is 22.6 Å². The molecular formula is C19H24N2O3. The number of aromatic nitrogens is 1. The van der Waals surface area contributed by atoms with E-state index >= 15 is 0 Å². The van der Waals surface area contributed by atoms with E-state index in [0.717, 1.165) is 40.9 Å². The van der Waals surface area contributed by atoms with Gasteiger partial charge in [0.15, 0.2) is 0 Å². The molecule has 24 heavy (non-hydrogen) atoms. The van der Waals surface area contributed by atoms with Crippen molar-refractivity contribution in [1.29, 1.82) is 0 Å². The molecule has 128 valence electrons. The van der Waals surface area contributed by atoms with Gasteiger partial charge in [-0.2, -0.15) is 0 Å². The van der Waals surface area contributed by atoms with Gasteiger partial charge in [-0.15, -0.1) is 0 Å². The standard InChI is InChI=1S/C19H24N2O3/c1-12-10-21(11-13(2)24-12)19-15-7-5-6-8-17(15)20-14(3)16(19)9-18(22)23-4/h5-8,12-13H,9-11H2,1-4H3. The monoisotopic (exact) mass is 328 g/mol. The minimum absolute atomic E-state index is 0.145. The van der Waals surface area contributed by atoms with Gasteiger partial charge >= 0.3 is 5.97 Å². The van der Waals surface area contributed by atoms with Gasteiger partial charge in [0.05, 0.1) is 36.9 Å². The quantitative estimate of drug-likeness (QED) is 0.811. The van der Waals surface area contributed by atoms with Crippen molar-refractivity contribution in [3.8, 4) is 0 Å². The summed E-state index contributed by atoms with van der Waals surface area (Å²) in [6, 6.07) is 8.09. The van der Waals surface area contributed by atoms with E-state index in [1.54, 1.807) is 0 Å². The lowest BCUT2D eigenvalue weighted by Gasteiger charge is -2.38. The SMILES string of the molecule is COC(=O)Cc1c(C)nc2ccccc2c1N1CC(C)OC(C)C1. The summed E-state index contributed by atoms with van der Waals surface area (Å²) >= 11 is 0. The molecule has 0 amide bonds. The maximum absolute atomic E-state index is 11.9. The number of morpholine rings is 1. The Labute approximate surface area is 142 Å². The molecule has 0 radical (unpaired) electrons. The molecule has 1 fully saturated rings. The maximum atomic E-state index is 11.9. The second kappa shape index (κ2) is 6.77. The summed E-state index contributed by atoms with van der Waals surface area (Å²) < 4.78 is 10.8. The number of benzene rings is 1. The summed E-state index contributed by atoms with van der Waals surface area (Å²) in [7, 11) is 1.42. The number of ether oxygens (including phenoxy) is 2. The molecule has 1 aromatic carbocycles. The Morgan fingerprint density at radius 2 is 1.96 bits per heavy atom. The van der Waals surface area contributed by atoms with Crippen molar-refractivity contribution < 1.29 is 14.3 Å². The molecule has 2 atom stereocenters. The summed E-state index contributed by atoms with van der Waals surface area (Å²) in [5.41, 5.74) is 3.86. The normalized spacial score (nSPS) is 21.1. The first-order valence-corrected chi connectivity index (χ1v) is 8.35. The van der Waals surface area contributed by atoms with Crippen LogP contribution < -0.4 is 4.90 Å². The molecule has 2 aromatic rings. The third kappa shape index (κ3) is 3.22. The average molecular weight is 328 g/mol. The number of fused-ring (bicyclic) bond motifs is 1. The molecule has 5 heteroatoms. The van der Waals surface area contributed by atoms with Gasteiger partial charge in [-0.05, 0) is 26.8 Å². The summed E-state index contributed by atoms with van der Waals surface area (Å²) in [5.74, 6) is -0.245. The molecule has 3 rings (SSSR count). The highest BCUT2D eigenvalue weighted by Gasteiger charge is 2.27. The Kier molecular flexibility index (Phi) is 4.71. The fraction of sp³-hybridized carbons (Fsp3) is 0.474. The van der Waals surface area contributed by atoms with Crippen molar-refractivity contribution in [2.75, 3.05) is 25.1 Å². The van der Waals surface area contributed by atoms with Gasteiger partial charge in [0.2, 0.25) is 0 Å². The summed E-state index contributed by atoms with van der Waals surface area (Å²) in [6.07, 6.45) is 0.522. The van der Waals surface area contributed by atoms with Crippen LogP contribution >= 0.6 is 0 Å². The van der Waals surface area contributed by atoms with Crippen LogP contribution in [-0.2, 0) is 20.7 Å². The van der Waals surface area contributed by atoms with Crippen LogP contribution in [0.3, 0.4) is 0 Å². The molecule has 0 bridgehead atoms. The Balaban J connectivity index is 2.17. The largest absolute Gasteiger partial charge is 0.469 e. The third-order valence-electron chi connectivity index (χ3n) is 4.45. The summed E-state index contributed by atoms with van der Waals surface area (Å²) in [4.78, 5) is 19.0. The molecule has 2 unspecified atom stereocenters. The second-order valence-electron chi connectivity index (χ2n) is 6.46. The van der Waals surface area contributed by atoms with Gasteiger partial charge in [0.25, 0.3) is 0 Å². The Morgan fingerprint density at radius 1 is 1.29 bits per heavy atom. The molecule has 0 saturated carbocycles. The van der Waals surface area contributed by atoms with Crippen molar-refractivity contribution in [2.45, 2.75) is 39.4 Å². The van der Waals surface area contributed by atoms with Crippen LogP contribution in [0.15, 0.2) is 24.3 Å². The lowest BCUT2D eigenvalue weighted by Crippen LogP contribution is -2.46. The Morgan fingerprint density at radius 3 is 2.62 bits per heavy atom. The highest BCUT2D eigenvalue weighted by molar-refractivity contribution is 5.95. The number of esters is 1. The summed E-state index contributed by atoms with van der Waals surface area (Å²) in [6.45, 7) is 7.72. The molecular weight excluding hydrogens is 304 g/mol. The molecule has 2 heterocycles. The van der Waals surface area contributed by atoms with E-state index in [-0.39, 0.29) is 24.6 Å². The van der Waals surface area contributed by atoms with E-state index in [1.807, 2.05) is 25.1 Å². The zero-order valence-electron chi connectivity index (χ0n) is 14.7. The number of anilines is 1. The van der Waals surface area contributed by atoms with Gasteiger partial charge < -0.3 is 14.4 Å². The first kappa shape index (κ1) is 16.7. The second-order valence-corrected chi connectivity index (χ2v) is 6.46. The molecule has 1 saturated heterocycles. The minimum Gasteiger partial charge on any atom is -0.469 e. The predicted molar refractivity (Wildman–Crippen MR) is 94.4 cm³/mol. The topological polar surface area (TPSA) is 51.7 Å².